The van der Waals surface area contributed by atoms with Crippen molar-refractivity contribution in [2.75, 3.05) is 0 Å². The van der Waals surface area contributed by atoms with E-state index in [4.69, 9.17) is 5.11 Å². The quantitative estimate of drug-likeness (QED) is 0.638. The maximum Gasteiger partial charge on any atom is 0.307 e. The molecule has 3 rings (SSSR count). The Morgan fingerprint density at radius 3 is 2.34 bits per heavy atom. The van der Waals surface area contributed by atoms with Crippen LogP contribution in [0.3, 0.4) is 0 Å². The van der Waals surface area contributed by atoms with Crippen molar-refractivity contribution in [3.63, 3.8) is 0 Å². The molecule has 0 spiro atoms. The van der Waals surface area contributed by atoms with Crippen molar-refractivity contribution in [3.8, 4) is 17.2 Å². The minimum atomic E-state index is -0.949. The number of halogens is 1. The van der Waals surface area contributed by atoms with Gasteiger partial charge in [0.1, 0.15) is 5.82 Å². The van der Waals surface area contributed by atoms with E-state index in [9.17, 15) is 19.6 Å². The molecule has 0 heterocycles. The van der Waals surface area contributed by atoms with Crippen molar-refractivity contribution < 1.29 is 19.4 Å². The fourth-order valence-corrected chi connectivity index (χ4v) is 3.04. The zero-order chi connectivity index (χ0) is 21.8. The van der Waals surface area contributed by atoms with Crippen molar-refractivity contribution in [1.29, 1.82) is 5.26 Å². The largest absolute Gasteiger partial charge is 0.481 e. The number of benzene rings is 3. The lowest BCUT2D eigenvalue weighted by Gasteiger charge is -2.16. The van der Waals surface area contributed by atoms with E-state index in [2.05, 4.69) is 0 Å². The molecule has 0 aromatic heterocycles. The number of nitrogens with zero attached hydrogens (tertiary/aromatic N) is 1. The number of hydrogen-bond donors (Lipinski definition) is 2. The van der Waals surface area contributed by atoms with E-state index in [-0.39, 0.29) is 12.0 Å². The second-order valence-corrected chi connectivity index (χ2v) is 7.81. The molecule has 0 bridgehead atoms. The van der Waals surface area contributed by atoms with Gasteiger partial charge in [0.15, 0.2) is 0 Å². The van der Waals surface area contributed by atoms with Crippen molar-refractivity contribution in [2.24, 2.45) is 0 Å². The predicted molar refractivity (Wildman–Crippen MR) is 112 cm³/mol. The van der Waals surface area contributed by atoms with Crippen LogP contribution < -0.4 is 0 Å². The SMILES string of the molecule is CC(C)(C)O.Cc1cc2ccccc2c(-c2ccc(F)cc2C#N)c1CC(=O)O. The molecule has 0 saturated heterocycles. The molecule has 0 aliphatic heterocycles. The minimum Gasteiger partial charge on any atom is -0.481 e. The van der Waals surface area contributed by atoms with Crippen LogP contribution in [-0.2, 0) is 11.2 Å². The topological polar surface area (TPSA) is 81.3 Å². The lowest BCUT2D eigenvalue weighted by Crippen LogP contribution is -2.10. The summed E-state index contributed by atoms with van der Waals surface area (Å²) in [4.78, 5) is 11.3. The van der Waals surface area contributed by atoms with Gasteiger partial charge in [-0.2, -0.15) is 5.26 Å². The van der Waals surface area contributed by atoms with Crippen molar-refractivity contribution in [1.82, 2.24) is 0 Å². The van der Waals surface area contributed by atoms with Gasteiger partial charge < -0.3 is 10.2 Å². The van der Waals surface area contributed by atoms with Crippen LogP contribution in [0.1, 0.15) is 37.5 Å². The summed E-state index contributed by atoms with van der Waals surface area (Å²) < 4.78 is 13.5. The monoisotopic (exact) mass is 393 g/mol. The highest BCUT2D eigenvalue weighted by Crippen LogP contribution is 2.36. The van der Waals surface area contributed by atoms with E-state index in [0.29, 0.717) is 16.7 Å². The van der Waals surface area contributed by atoms with Gasteiger partial charge in [0, 0.05) is 5.56 Å². The van der Waals surface area contributed by atoms with E-state index in [1.807, 2.05) is 43.3 Å². The van der Waals surface area contributed by atoms with Gasteiger partial charge in [0.2, 0.25) is 0 Å². The normalized spacial score (nSPS) is 10.8. The number of aliphatic hydroxyl groups is 1. The van der Waals surface area contributed by atoms with Crippen LogP contribution in [0.15, 0.2) is 48.5 Å². The number of fused-ring (bicyclic) bond motifs is 1. The maximum atomic E-state index is 13.5. The molecule has 4 nitrogen and oxygen atoms in total. The highest BCUT2D eigenvalue weighted by molar-refractivity contribution is 6.01. The van der Waals surface area contributed by atoms with E-state index < -0.39 is 17.4 Å². The van der Waals surface area contributed by atoms with E-state index in [0.717, 1.165) is 16.3 Å². The minimum absolute atomic E-state index is 0.158. The predicted octanol–water partition coefficient (Wildman–Crippen LogP) is 5.23. The van der Waals surface area contributed by atoms with Crippen molar-refractivity contribution in [3.05, 3.63) is 71.0 Å². The smallest absolute Gasteiger partial charge is 0.307 e. The number of carbonyl (C=O) groups is 1. The Kier molecular flexibility index (Phi) is 6.73. The average molecular weight is 393 g/mol. The molecule has 0 saturated carbocycles. The Morgan fingerprint density at radius 1 is 1.14 bits per heavy atom. The molecular formula is C24H24FNO3. The fourth-order valence-electron chi connectivity index (χ4n) is 3.04. The van der Waals surface area contributed by atoms with Gasteiger partial charge in [-0.25, -0.2) is 4.39 Å². The Labute approximate surface area is 169 Å². The second kappa shape index (κ2) is 8.85. The third kappa shape index (κ3) is 5.87. The van der Waals surface area contributed by atoms with Crippen LogP contribution in [-0.4, -0.2) is 21.8 Å². The first kappa shape index (κ1) is 22.1. The molecule has 3 aromatic carbocycles. The number of rotatable bonds is 3. The molecule has 0 amide bonds. The Hall–Kier alpha value is -3.23. The first-order valence-electron chi connectivity index (χ1n) is 9.16. The zero-order valence-electron chi connectivity index (χ0n) is 17.0. The number of aliphatic carboxylic acids is 1. The first-order valence-corrected chi connectivity index (χ1v) is 9.16. The average Bonchev–Trinajstić information content (AvgIpc) is 2.61. The van der Waals surface area contributed by atoms with E-state index >= 15 is 0 Å². The van der Waals surface area contributed by atoms with Gasteiger partial charge in [-0.1, -0.05) is 36.4 Å². The Bertz CT molecular complexity index is 1090. The Morgan fingerprint density at radius 2 is 1.76 bits per heavy atom. The summed E-state index contributed by atoms with van der Waals surface area (Å²) in [5, 5.41) is 29.0. The number of hydrogen-bond acceptors (Lipinski definition) is 3. The summed E-state index contributed by atoms with van der Waals surface area (Å²) in [6.07, 6.45) is -0.158. The number of carboxylic acids is 1. The Balaban J connectivity index is 0.000000537. The van der Waals surface area contributed by atoms with E-state index in [1.165, 1.54) is 12.1 Å². The van der Waals surface area contributed by atoms with E-state index in [1.54, 1.807) is 26.8 Å². The number of carboxylic acid groups (broad SMARTS) is 1. The van der Waals surface area contributed by atoms with Crippen molar-refractivity contribution in [2.45, 2.75) is 39.7 Å². The summed E-state index contributed by atoms with van der Waals surface area (Å²) in [7, 11) is 0. The first-order chi connectivity index (χ1) is 13.5. The van der Waals surface area contributed by atoms with Gasteiger partial charge in [0.05, 0.1) is 23.7 Å². The van der Waals surface area contributed by atoms with Gasteiger partial charge in [0.25, 0.3) is 0 Å². The third-order valence-corrected chi connectivity index (χ3v) is 4.08. The van der Waals surface area contributed by atoms with Crippen LogP contribution >= 0.6 is 0 Å². The van der Waals surface area contributed by atoms with Gasteiger partial charge in [-0.05, 0) is 67.3 Å². The van der Waals surface area contributed by atoms with Crippen LogP contribution in [0.25, 0.3) is 21.9 Å². The molecule has 2 N–H and O–H groups in total. The summed E-state index contributed by atoms with van der Waals surface area (Å²) >= 11 is 0. The lowest BCUT2D eigenvalue weighted by atomic mass is 9.87. The molecule has 3 aromatic rings. The molecule has 5 heteroatoms. The number of nitriles is 1. The summed E-state index contributed by atoms with van der Waals surface area (Å²) in [5.74, 6) is -1.44. The maximum absolute atomic E-state index is 13.5. The standard InChI is InChI=1S/C20H14FNO2.C4H10O/c1-12-8-13-4-2-3-5-16(13)20(18(12)10-19(23)24)17-7-6-15(21)9-14(17)11-22;1-4(2,3)5/h2-9H,10H2,1H3,(H,23,24);5H,1-3H3. The van der Waals surface area contributed by atoms with Crippen LogP contribution in [0.4, 0.5) is 4.39 Å². The van der Waals surface area contributed by atoms with Crippen molar-refractivity contribution >= 4 is 16.7 Å². The second-order valence-electron chi connectivity index (χ2n) is 7.81. The summed E-state index contributed by atoms with van der Waals surface area (Å²) in [6, 6.07) is 15.5. The third-order valence-electron chi connectivity index (χ3n) is 4.08. The molecule has 0 fully saturated rings. The molecule has 0 atom stereocenters. The molecule has 0 unspecified atom stereocenters. The van der Waals surface area contributed by atoms with Gasteiger partial charge >= 0.3 is 5.97 Å². The molecule has 150 valence electrons. The number of aryl methyl sites for hydroxylation is 1. The summed E-state index contributed by atoms with van der Waals surface area (Å²) in [6.45, 7) is 7.08. The van der Waals surface area contributed by atoms with Gasteiger partial charge in [-0.15, -0.1) is 0 Å². The molecule has 29 heavy (non-hydrogen) atoms. The highest BCUT2D eigenvalue weighted by atomic mass is 19.1. The highest BCUT2D eigenvalue weighted by Gasteiger charge is 2.18. The fraction of sp³-hybridized carbons (Fsp3) is 0.250. The van der Waals surface area contributed by atoms with Crippen LogP contribution in [0, 0.1) is 24.1 Å². The van der Waals surface area contributed by atoms with Crippen LogP contribution in [0.5, 0.6) is 0 Å². The summed E-state index contributed by atoms with van der Waals surface area (Å²) in [5.41, 5.74) is 2.40. The van der Waals surface area contributed by atoms with Gasteiger partial charge in [-0.3, -0.25) is 4.79 Å². The zero-order valence-corrected chi connectivity index (χ0v) is 17.0. The molecule has 0 radical (unpaired) electrons. The molecular weight excluding hydrogens is 369 g/mol. The van der Waals surface area contributed by atoms with Crippen LogP contribution in [0.2, 0.25) is 0 Å². The lowest BCUT2D eigenvalue weighted by molar-refractivity contribution is -0.136. The molecule has 0 aliphatic rings. The molecule has 0 aliphatic carbocycles.